The molecule has 11 nitrogen and oxygen atoms in total. The van der Waals surface area contributed by atoms with Gasteiger partial charge in [-0.15, -0.1) is 4.98 Å². The molecule has 0 saturated carbocycles. The minimum atomic E-state index is 0.395. The van der Waals surface area contributed by atoms with Crippen molar-refractivity contribution in [2.75, 3.05) is 26.1 Å². The van der Waals surface area contributed by atoms with Gasteiger partial charge in [0.05, 0.1) is 7.11 Å². The van der Waals surface area contributed by atoms with Crippen LogP contribution < -0.4 is 9.64 Å². The van der Waals surface area contributed by atoms with Crippen LogP contribution in [0, 0.1) is 48.1 Å². The Hall–Kier alpha value is -11.6. The summed E-state index contributed by atoms with van der Waals surface area (Å²) in [6.45, 7) is 19.4. The van der Waals surface area contributed by atoms with Crippen molar-refractivity contribution in [2.45, 2.75) is 41.5 Å². The molecule has 0 aliphatic rings. The molecule has 2 N–H and O–H groups in total. The number of aromatic nitrogens is 8. The lowest BCUT2D eigenvalue weighted by Crippen LogP contribution is -2.09. The van der Waals surface area contributed by atoms with Gasteiger partial charge in [0.2, 0.25) is 0 Å². The van der Waals surface area contributed by atoms with Crippen LogP contribution in [0.1, 0.15) is 33.4 Å². The second-order valence-corrected chi connectivity index (χ2v) is 22.2. The van der Waals surface area contributed by atoms with E-state index < -0.39 is 0 Å². The molecule has 91 heavy (non-hydrogen) atoms. The third-order valence-electron chi connectivity index (χ3n) is 14.7. The number of nitrogens with one attached hydrogen (secondary N) is 2. The Morgan fingerprint density at radius 2 is 0.769 bits per heavy atom. The van der Waals surface area contributed by atoms with E-state index in [1.54, 1.807) is 38.1 Å². The summed E-state index contributed by atoms with van der Waals surface area (Å²) in [5.41, 5.74) is 22.8. The zero-order valence-corrected chi connectivity index (χ0v) is 53.0. The molecule has 0 saturated heterocycles. The van der Waals surface area contributed by atoms with Crippen LogP contribution >= 0.6 is 0 Å². The van der Waals surface area contributed by atoms with Crippen LogP contribution in [0.15, 0.2) is 274 Å². The van der Waals surface area contributed by atoms with Gasteiger partial charge in [0.25, 0.3) is 5.82 Å². The average Bonchev–Trinajstić information content (AvgIpc) is 2.30. The fourth-order valence-corrected chi connectivity index (χ4v) is 9.88. The highest BCUT2D eigenvalue weighted by Crippen LogP contribution is 2.28. The highest BCUT2D eigenvalue weighted by Gasteiger charge is 2.06. The van der Waals surface area contributed by atoms with Crippen LogP contribution in [0.3, 0.4) is 0 Å². The largest absolute Gasteiger partial charge is 0.467 e. The molecular weight excluding hydrogens is 1120 g/mol. The second kappa shape index (κ2) is 31.9. The van der Waals surface area contributed by atoms with E-state index in [1.807, 2.05) is 98.6 Å². The molecule has 14 rings (SSSR count). The van der Waals surface area contributed by atoms with Crippen LogP contribution in [0.25, 0.3) is 93.3 Å². The fourth-order valence-electron chi connectivity index (χ4n) is 9.88. The third kappa shape index (κ3) is 18.7. The number of aromatic amines is 2. The summed E-state index contributed by atoms with van der Waals surface area (Å²) in [7, 11) is 5.55. The summed E-state index contributed by atoms with van der Waals surface area (Å²) in [4.78, 5) is 36.2. The summed E-state index contributed by atoms with van der Waals surface area (Å²) in [5.74, 6) is 1.42. The van der Waals surface area contributed by atoms with E-state index in [0.717, 1.165) is 39.2 Å². The molecule has 11 heteroatoms. The van der Waals surface area contributed by atoms with E-state index in [2.05, 4.69) is 250 Å². The molecule has 8 aromatic carbocycles. The van der Waals surface area contributed by atoms with Gasteiger partial charge in [-0.2, -0.15) is 0 Å². The predicted molar refractivity (Wildman–Crippen MR) is 377 cm³/mol. The molecule has 0 fully saturated rings. The predicted octanol–water partition coefficient (Wildman–Crippen LogP) is 19.9. The maximum Gasteiger partial charge on any atom is 0.316 e. The Balaban J connectivity index is 0.000000129. The van der Waals surface area contributed by atoms with E-state index >= 15 is 0 Å². The zero-order valence-electron chi connectivity index (χ0n) is 53.0. The number of ether oxygens (including phenoxy) is 1. The molecule has 450 valence electrons. The number of rotatable bonds is 8. The molecule has 6 heterocycles. The van der Waals surface area contributed by atoms with Crippen molar-refractivity contribution in [3.05, 3.63) is 319 Å². The lowest BCUT2D eigenvalue weighted by molar-refractivity contribution is 0.380. The molecule has 14 aromatic rings. The molecule has 0 amide bonds. The van der Waals surface area contributed by atoms with E-state index in [4.69, 9.17) is 11.3 Å². The van der Waals surface area contributed by atoms with E-state index in [1.165, 1.54) is 88.4 Å². The standard InChI is InChI=1S/2C15H13N.C14H16N2.C13H10N2.C12H12N2O.C11H10N2/c1-11-3-2-4-12(7-11)13-5-6-14-9-16-10-15(14)8-13;1-11-3-2-4-12(9-11)13-5-6-15-14(10-13)7-8-16-15;1-11-5-4-6-12(9-11)13-7-8-14(15-10-13)16(2)3;1-10-4-3-5-11(8-10)12-6-7-13(14-2)15-9-12;1-9-4-3-5-10(6-9)11-7-13-12(15-2)14-8-11;1-9-3-2-4-10(5-9)11-6-12-8-13-7-11/h2*2-10,16H,1H3;4-10H,1-3H3;3-9H,1H3;3-8H,1-2H3;2-8H,1H3. The topological polar surface area (TPSA) is 126 Å². The highest BCUT2D eigenvalue weighted by molar-refractivity contribution is 5.87. The number of methoxy groups -OCH3 is 1. The van der Waals surface area contributed by atoms with Gasteiger partial charge in [0.1, 0.15) is 18.3 Å². The lowest BCUT2D eigenvalue weighted by Gasteiger charge is -2.11. The normalized spacial score (nSPS) is 10.2. The summed E-state index contributed by atoms with van der Waals surface area (Å²) < 4.78 is 4.91. The number of fused-ring (bicyclic) bond motifs is 2. The molecule has 6 aromatic heterocycles. The Labute approximate surface area is 534 Å². The first-order chi connectivity index (χ1) is 44.3. The van der Waals surface area contributed by atoms with Crippen LogP contribution in [-0.4, -0.2) is 61.1 Å². The SMILES string of the molecule is COc1ncc(-c2cccc(C)c2)cn1.Cc1cccc(-c2ccc(N(C)C)nc2)c1.Cc1cccc(-c2ccc3[nH]ccc3c2)c1.Cc1cccc(-c2ccc3c[nH]cc3c2)c1.Cc1cccc(-c2cncnc2)c1.[C-]#[N+]c1ccc(-c2cccc(C)c2)cn1. The number of hydrogen-bond acceptors (Lipinski definition) is 8. The van der Waals surface area contributed by atoms with Crippen LogP contribution in [-0.2, 0) is 0 Å². The van der Waals surface area contributed by atoms with Crippen LogP contribution in [0.5, 0.6) is 6.01 Å². The van der Waals surface area contributed by atoms with E-state index in [9.17, 15) is 0 Å². The second-order valence-electron chi connectivity index (χ2n) is 22.2. The minimum Gasteiger partial charge on any atom is -0.467 e. The smallest absolute Gasteiger partial charge is 0.316 e. The number of benzene rings is 8. The molecular formula is C80H74N10O. The Morgan fingerprint density at radius 3 is 1.20 bits per heavy atom. The van der Waals surface area contributed by atoms with Crippen molar-refractivity contribution in [2.24, 2.45) is 0 Å². The van der Waals surface area contributed by atoms with Crippen molar-refractivity contribution in [1.82, 2.24) is 39.9 Å². The van der Waals surface area contributed by atoms with Gasteiger partial charge in [-0.3, -0.25) is 0 Å². The van der Waals surface area contributed by atoms with Gasteiger partial charge >= 0.3 is 6.01 Å². The minimum absolute atomic E-state index is 0.395. The van der Waals surface area contributed by atoms with Crippen molar-refractivity contribution >= 4 is 33.3 Å². The van der Waals surface area contributed by atoms with Crippen molar-refractivity contribution in [3.63, 3.8) is 0 Å². The number of aryl methyl sites for hydroxylation is 6. The van der Waals surface area contributed by atoms with Gasteiger partial charge < -0.3 is 24.4 Å². The molecule has 0 aliphatic carbocycles. The third-order valence-corrected chi connectivity index (χ3v) is 14.7. The maximum absolute atomic E-state index is 6.82. The molecule has 0 spiro atoms. The van der Waals surface area contributed by atoms with E-state index in [-0.39, 0.29) is 0 Å². The van der Waals surface area contributed by atoms with Crippen molar-refractivity contribution in [3.8, 4) is 72.8 Å². The highest BCUT2D eigenvalue weighted by atomic mass is 16.5. The number of hydrogen-bond donors (Lipinski definition) is 2. The summed E-state index contributed by atoms with van der Waals surface area (Å²) >= 11 is 0. The molecule has 0 radical (unpaired) electrons. The molecule has 0 bridgehead atoms. The quantitative estimate of drug-likeness (QED) is 0.144. The Kier molecular flexibility index (Phi) is 22.4. The maximum atomic E-state index is 6.82. The average molecular weight is 1190 g/mol. The fraction of sp³-hybridized carbons (Fsp3) is 0.113. The number of nitrogens with zero attached hydrogens (tertiary/aromatic N) is 8. The molecule has 0 unspecified atom stereocenters. The number of H-pyrrole nitrogens is 2. The van der Waals surface area contributed by atoms with Crippen molar-refractivity contribution in [1.29, 1.82) is 0 Å². The van der Waals surface area contributed by atoms with Crippen LogP contribution in [0.4, 0.5) is 11.6 Å². The number of pyridine rings is 2. The summed E-state index contributed by atoms with van der Waals surface area (Å²) in [6.07, 6.45) is 18.4. The van der Waals surface area contributed by atoms with Gasteiger partial charge in [0.15, 0.2) is 0 Å². The molecule has 0 atom stereocenters. The molecule has 0 aliphatic heterocycles. The monoisotopic (exact) mass is 1190 g/mol. The summed E-state index contributed by atoms with van der Waals surface area (Å²) in [6, 6.07) is 73.8. The van der Waals surface area contributed by atoms with Gasteiger partial charge in [-0.25, -0.2) is 24.9 Å². The lowest BCUT2D eigenvalue weighted by atomic mass is 10.0. The summed E-state index contributed by atoms with van der Waals surface area (Å²) in [5, 5.41) is 3.79. The Morgan fingerprint density at radius 1 is 0.374 bits per heavy atom. The van der Waals surface area contributed by atoms with E-state index in [0.29, 0.717) is 11.8 Å². The van der Waals surface area contributed by atoms with Crippen LogP contribution in [0.2, 0.25) is 0 Å². The first kappa shape index (κ1) is 63.9. The van der Waals surface area contributed by atoms with Gasteiger partial charge in [-0.05, 0) is 145 Å². The Bertz CT molecular complexity index is 4510. The number of anilines is 1. The van der Waals surface area contributed by atoms with Crippen molar-refractivity contribution < 1.29 is 4.74 Å². The first-order valence-electron chi connectivity index (χ1n) is 29.9. The first-order valence-corrected chi connectivity index (χ1v) is 29.9. The van der Waals surface area contributed by atoms with Gasteiger partial charge in [0, 0.05) is 91.4 Å². The zero-order chi connectivity index (χ0) is 63.9. The van der Waals surface area contributed by atoms with Gasteiger partial charge in [-0.1, -0.05) is 210 Å².